The first-order valence-corrected chi connectivity index (χ1v) is 5.89. The molecule has 0 amide bonds. The van der Waals surface area contributed by atoms with Crippen LogP contribution in [0.5, 0.6) is 0 Å². The number of ether oxygens (including phenoxy) is 1. The lowest BCUT2D eigenvalue weighted by molar-refractivity contribution is -0.137. The average Bonchev–Trinajstić information content (AvgIpc) is 2.42. The number of carboxylic acid groups (broad SMARTS) is 1. The number of rotatable bonds is 6. The number of carbonyl (C=O) groups excluding carboxylic acids is 1. The molecule has 1 aromatic rings. The molecule has 1 N–H and O–H groups in total. The van der Waals surface area contributed by atoms with E-state index in [4.69, 9.17) is 9.84 Å². The number of aliphatic carboxylic acids is 1. The topological polar surface area (TPSA) is 63.6 Å². The summed E-state index contributed by atoms with van der Waals surface area (Å²) in [7, 11) is 0. The summed E-state index contributed by atoms with van der Waals surface area (Å²) in [5.41, 5.74) is 1.16. The first-order valence-electron chi connectivity index (χ1n) is 5.89. The van der Waals surface area contributed by atoms with E-state index in [-0.39, 0.29) is 12.2 Å². The molecule has 0 aliphatic rings. The third-order valence-corrected chi connectivity index (χ3v) is 2.36. The molecular weight excluding hydrogens is 244 g/mol. The highest BCUT2D eigenvalue weighted by Gasteiger charge is 1.99. The Morgan fingerprint density at radius 2 is 1.95 bits per heavy atom. The third kappa shape index (κ3) is 6.21. The Morgan fingerprint density at radius 3 is 2.58 bits per heavy atom. The maximum Gasteiger partial charge on any atom is 0.330 e. The number of hydrogen-bond donors (Lipinski definition) is 1. The summed E-state index contributed by atoms with van der Waals surface area (Å²) < 4.78 is 4.93. The van der Waals surface area contributed by atoms with Crippen LogP contribution in [0.15, 0.2) is 48.1 Å². The van der Waals surface area contributed by atoms with Crippen molar-refractivity contribution in [3.63, 3.8) is 0 Å². The van der Waals surface area contributed by atoms with Crippen molar-refractivity contribution in [3.8, 4) is 0 Å². The third-order valence-electron chi connectivity index (χ3n) is 2.36. The Bertz CT molecular complexity index is 486. The van der Waals surface area contributed by atoms with E-state index < -0.39 is 11.9 Å². The highest BCUT2D eigenvalue weighted by atomic mass is 16.5. The van der Waals surface area contributed by atoms with Gasteiger partial charge in [0.25, 0.3) is 0 Å². The Hall–Kier alpha value is -2.36. The van der Waals surface area contributed by atoms with E-state index in [0.29, 0.717) is 6.42 Å². The van der Waals surface area contributed by atoms with Crippen LogP contribution in [-0.2, 0) is 14.3 Å². The van der Waals surface area contributed by atoms with Crippen molar-refractivity contribution in [2.45, 2.75) is 13.3 Å². The van der Waals surface area contributed by atoms with Gasteiger partial charge in [0, 0.05) is 18.1 Å². The van der Waals surface area contributed by atoms with Crippen LogP contribution < -0.4 is 0 Å². The van der Waals surface area contributed by atoms with Gasteiger partial charge >= 0.3 is 11.9 Å². The summed E-state index contributed by atoms with van der Waals surface area (Å²) in [6.07, 6.45) is 4.93. The van der Waals surface area contributed by atoms with Crippen LogP contribution >= 0.6 is 0 Å². The van der Waals surface area contributed by atoms with Gasteiger partial charge in [-0.2, -0.15) is 0 Å². The van der Waals surface area contributed by atoms with Crippen molar-refractivity contribution >= 4 is 18.0 Å². The van der Waals surface area contributed by atoms with Crippen LogP contribution in [0.4, 0.5) is 0 Å². The van der Waals surface area contributed by atoms with Gasteiger partial charge in [0.15, 0.2) is 0 Å². The Labute approximate surface area is 112 Å². The van der Waals surface area contributed by atoms with Crippen LogP contribution in [0.1, 0.15) is 18.9 Å². The lowest BCUT2D eigenvalue weighted by atomic mass is 10.2. The largest absolute Gasteiger partial charge is 0.478 e. The van der Waals surface area contributed by atoms with Gasteiger partial charge in [-0.3, -0.25) is 0 Å². The number of carboxylic acids is 1. The molecule has 0 saturated heterocycles. The lowest BCUT2D eigenvalue weighted by Gasteiger charge is -1.99. The van der Waals surface area contributed by atoms with E-state index in [2.05, 4.69) is 0 Å². The second-order valence-electron chi connectivity index (χ2n) is 3.89. The van der Waals surface area contributed by atoms with E-state index in [1.807, 2.05) is 30.3 Å². The maximum absolute atomic E-state index is 11.3. The van der Waals surface area contributed by atoms with Crippen LogP contribution in [-0.4, -0.2) is 23.7 Å². The van der Waals surface area contributed by atoms with Crippen molar-refractivity contribution in [1.29, 1.82) is 0 Å². The van der Waals surface area contributed by atoms with Crippen LogP contribution in [0.2, 0.25) is 0 Å². The minimum Gasteiger partial charge on any atom is -0.478 e. The zero-order chi connectivity index (χ0) is 14.1. The Balaban J connectivity index is 2.31. The molecule has 0 spiro atoms. The van der Waals surface area contributed by atoms with Crippen LogP contribution in [0.3, 0.4) is 0 Å². The van der Waals surface area contributed by atoms with Crippen molar-refractivity contribution in [3.05, 3.63) is 53.6 Å². The molecule has 0 saturated carbocycles. The molecule has 1 aromatic carbocycles. The molecule has 19 heavy (non-hydrogen) atoms. The Morgan fingerprint density at radius 1 is 1.26 bits per heavy atom. The van der Waals surface area contributed by atoms with Crippen molar-refractivity contribution < 1.29 is 19.4 Å². The maximum atomic E-state index is 11.3. The fraction of sp³-hybridized carbons (Fsp3) is 0.200. The fourth-order valence-electron chi connectivity index (χ4n) is 1.30. The van der Waals surface area contributed by atoms with E-state index in [9.17, 15) is 9.59 Å². The number of carbonyl (C=O) groups is 2. The molecule has 0 radical (unpaired) electrons. The highest BCUT2D eigenvalue weighted by Crippen LogP contribution is 2.01. The van der Waals surface area contributed by atoms with Crippen LogP contribution in [0.25, 0.3) is 6.08 Å². The van der Waals surface area contributed by atoms with E-state index in [1.54, 1.807) is 6.08 Å². The Kier molecular flexibility index (Phi) is 6.09. The molecule has 100 valence electrons. The zero-order valence-electron chi connectivity index (χ0n) is 10.7. The minimum absolute atomic E-state index is 0.169. The predicted octanol–water partition coefficient (Wildman–Crippen LogP) is 2.66. The monoisotopic (exact) mass is 260 g/mol. The van der Waals surface area contributed by atoms with Gasteiger partial charge < -0.3 is 9.84 Å². The first-order chi connectivity index (χ1) is 9.09. The van der Waals surface area contributed by atoms with Gasteiger partial charge in [-0.15, -0.1) is 0 Å². The molecule has 4 heteroatoms. The lowest BCUT2D eigenvalue weighted by Crippen LogP contribution is -2.02. The standard InChI is InChI=1S/C15H16O4/c1-12(15(17)18)6-5-11-19-14(16)10-9-13-7-3-2-4-8-13/h2-4,6-10H,5,11H2,1H3,(H,17,18)/b10-9+,12-6?. The number of esters is 1. The zero-order valence-corrected chi connectivity index (χ0v) is 10.7. The minimum atomic E-state index is -0.963. The second kappa shape index (κ2) is 7.87. The summed E-state index contributed by atoms with van der Waals surface area (Å²) in [5.74, 6) is -1.40. The van der Waals surface area contributed by atoms with Crippen molar-refractivity contribution in [2.75, 3.05) is 6.61 Å². The molecule has 0 aliphatic heterocycles. The summed E-state index contributed by atoms with van der Waals surface area (Å²) in [6, 6.07) is 9.41. The summed E-state index contributed by atoms with van der Waals surface area (Å²) in [4.78, 5) is 21.8. The molecule has 0 heterocycles. The molecule has 0 aromatic heterocycles. The van der Waals surface area contributed by atoms with Gasteiger partial charge in [-0.05, 0) is 18.6 Å². The van der Waals surface area contributed by atoms with Gasteiger partial charge in [-0.25, -0.2) is 9.59 Å². The van der Waals surface area contributed by atoms with Crippen molar-refractivity contribution in [1.82, 2.24) is 0 Å². The molecule has 0 atom stereocenters. The molecular formula is C15H16O4. The van der Waals surface area contributed by atoms with E-state index >= 15 is 0 Å². The van der Waals surface area contributed by atoms with Gasteiger partial charge in [-0.1, -0.05) is 36.4 Å². The summed E-state index contributed by atoms with van der Waals surface area (Å²) in [6.45, 7) is 1.67. The van der Waals surface area contributed by atoms with Gasteiger partial charge in [0.1, 0.15) is 0 Å². The van der Waals surface area contributed by atoms with E-state index in [0.717, 1.165) is 5.56 Å². The summed E-state index contributed by atoms with van der Waals surface area (Å²) in [5, 5.41) is 8.61. The molecule has 0 bridgehead atoms. The smallest absolute Gasteiger partial charge is 0.330 e. The molecule has 1 rings (SSSR count). The average molecular weight is 260 g/mol. The molecule has 0 aliphatic carbocycles. The number of benzene rings is 1. The first kappa shape index (κ1) is 14.7. The van der Waals surface area contributed by atoms with Gasteiger partial charge in [0.2, 0.25) is 0 Å². The number of hydrogen-bond acceptors (Lipinski definition) is 3. The fourth-order valence-corrected chi connectivity index (χ4v) is 1.30. The quantitative estimate of drug-likeness (QED) is 0.485. The predicted molar refractivity (Wildman–Crippen MR) is 72.4 cm³/mol. The van der Waals surface area contributed by atoms with Crippen LogP contribution in [0, 0.1) is 0 Å². The molecule has 0 unspecified atom stereocenters. The van der Waals surface area contributed by atoms with Crippen molar-refractivity contribution in [2.24, 2.45) is 0 Å². The molecule has 0 fully saturated rings. The highest BCUT2D eigenvalue weighted by molar-refractivity contribution is 5.87. The second-order valence-corrected chi connectivity index (χ2v) is 3.89. The summed E-state index contributed by atoms with van der Waals surface area (Å²) >= 11 is 0. The normalized spacial score (nSPS) is 11.5. The molecule has 4 nitrogen and oxygen atoms in total. The van der Waals surface area contributed by atoms with E-state index in [1.165, 1.54) is 19.1 Å². The SMILES string of the molecule is CC(=CCCOC(=O)/C=C/c1ccccc1)C(=O)O. The van der Waals surface area contributed by atoms with Gasteiger partial charge in [0.05, 0.1) is 6.61 Å².